The number of ether oxygens (including phenoxy) is 1. The van der Waals surface area contributed by atoms with Crippen LogP contribution in [-0.2, 0) is 6.42 Å². The van der Waals surface area contributed by atoms with Crippen molar-refractivity contribution in [1.29, 1.82) is 0 Å². The highest BCUT2D eigenvalue weighted by molar-refractivity contribution is 5.18. The Morgan fingerprint density at radius 1 is 1.50 bits per heavy atom. The second-order valence-electron chi connectivity index (χ2n) is 2.71. The lowest BCUT2D eigenvalue weighted by molar-refractivity contribution is 0.390. The van der Waals surface area contributed by atoms with Gasteiger partial charge in [-0.05, 0) is 13.3 Å². The molecular formula is C9H14N2O. The highest BCUT2D eigenvalue weighted by atomic mass is 16.5. The Kier molecular flexibility index (Phi) is 3.02. The van der Waals surface area contributed by atoms with E-state index in [1.165, 1.54) is 0 Å². The van der Waals surface area contributed by atoms with Crippen molar-refractivity contribution < 1.29 is 4.74 Å². The fourth-order valence-corrected chi connectivity index (χ4v) is 1.04. The lowest BCUT2D eigenvalue weighted by atomic mass is 10.2. The highest BCUT2D eigenvalue weighted by Crippen LogP contribution is 2.11. The Morgan fingerprint density at radius 2 is 2.25 bits per heavy atom. The summed E-state index contributed by atoms with van der Waals surface area (Å²) < 4.78 is 5.06. The third kappa shape index (κ3) is 1.94. The summed E-state index contributed by atoms with van der Waals surface area (Å²) in [4.78, 5) is 8.48. The molecule has 12 heavy (non-hydrogen) atoms. The van der Waals surface area contributed by atoms with Crippen LogP contribution >= 0.6 is 0 Å². The Morgan fingerprint density at radius 3 is 2.83 bits per heavy atom. The molecule has 1 aromatic heterocycles. The molecule has 0 aliphatic rings. The topological polar surface area (TPSA) is 35.0 Å². The van der Waals surface area contributed by atoms with Crippen LogP contribution in [0, 0.1) is 6.92 Å². The lowest BCUT2D eigenvalue weighted by Crippen LogP contribution is -1.98. The maximum atomic E-state index is 5.06. The van der Waals surface area contributed by atoms with Gasteiger partial charge in [0.25, 0.3) is 0 Å². The first kappa shape index (κ1) is 8.97. The zero-order valence-electron chi connectivity index (χ0n) is 7.79. The minimum Gasteiger partial charge on any atom is -0.480 e. The number of aromatic nitrogens is 2. The van der Waals surface area contributed by atoms with Crippen molar-refractivity contribution in [3.8, 4) is 5.88 Å². The van der Waals surface area contributed by atoms with Crippen molar-refractivity contribution in [2.75, 3.05) is 7.11 Å². The Labute approximate surface area is 72.8 Å². The Balaban J connectivity index is 2.89. The normalized spacial score (nSPS) is 9.92. The number of nitrogens with zero attached hydrogens (tertiary/aromatic N) is 2. The second-order valence-corrected chi connectivity index (χ2v) is 2.71. The van der Waals surface area contributed by atoms with Gasteiger partial charge >= 0.3 is 0 Å². The molecule has 3 nitrogen and oxygen atoms in total. The first-order valence-corrected chi connectivity index (χ1v) is 4.14. The maximum Gasteiger partial charge on any atom is 0.235 e. The molecule has 0 N–H and O–H groups in total. The number of rotatable bonds is 3. The summed E-state index contributed by atoms with van der Waals surface area (Å²) in [5.74, 6) is 0.640. The SMILES string of the molecule is CCCc1cnc(C)c(OC)n1. The number of hydrogen-bond donors (Lipinski definition) is 0. The zero-order chi connectivity index (χ0) is 8.97. The molecule has 0 saturated heterocycles. The van der Waals surface area contributed by atoms with Gasteiger partial charge in [-0.3, -0.25) is 4.98 Å². The molecule has 0 spiro atoms. The Hall–Kier alpha value is -1.12. The van der Waals surface area contributed by atoms with E-state index in [-0.39, 0.29) is 0 Å². The van der Waals surface area contributed by atoms with E-state index in [4.69, 9.17) is 4.74 Å². The largest absolute Gasteiger partial charge is 0.480 e. The molecule has 1 heterocycles. The predicted octanol–water partition coefficient (Wildman–Crippen LogP) is 1.75. The van der Waals surface area contributed by atoms with E-state index < -0.39 is 0 Å². The monoisotopic (exact) mass is 166 g/mol. The van der Waals surface area contributed by atoms with Gasteiger partial charge in [-0.15, -0.1) is 0 Å². The lowest BCUT2D eigenvalue weighted by Gasteiger charge is -2.03. The summed E-state index contributed by atoms with van der Waals surface area (Å²) >= 11 is 0. The molecule has 0 radical (unpaired) electrons. The molecule has 0 saturated carbocycles. The summed E-state index contributed by atoms with van der Waals surface area (Å²) in [6.45, 7) is 4.01. The minimum atomic E-state index is 0.640. The third-order valence-corrected chi connectivity index (χ3v) is 1.66. The minimum absolute atomic E-state index is 0.640. The van der Waals surface area contributed by atoms with Gasteiger partial charge in [-0.2, -0.15) is 0 Å². The summed E-state index contributed by atoms with van der Waals surface area (Å²) in [5.41, 5.74) is 1.84. The van der Waals surface area contributed by atoms with Crippen LogP contribution in [0.2, 0.25) is 0 Å². The molecule has 1 aromatic rings. The van der Waals surface area contributed by atoms with Crippen LogP contribution in [0.3, 0.4) is 0 Å². The van der Waals surface area contributed by atoms with Crippen LogP contribution in [0.25, 0.3) is 0 Å². The second kappa shape index (κ2) is 4.04. The quantitative estimate of drug-likeness (QED) is 0.686. The van der Waals surface area contributed by atoms with Crippen LogP contribution in [0.5, 0.6) is 5.88 Å². The molecule has 3 heteroatoms. The van der Waals surface area contributed by atoms with Gasteiger partial charge in [-0.25, -0.2) is 4.98 Å². The third-order valence-electron chi connectivity index (χ3n) is 1.66. The molecule has 0 amide bonds. The molecule has 0 aliphatic heterocycles. The van der Waals surface area contributed by atoms with Gasteiger partial charge in [0.1, 0.15) is 0 Å². The first-order chi connectivity index (χ1) is 5.77. The summed E-state index contributed by atoms with van der Waals surface area (Å²) in [7, 11) is 1.62. The molecule has 66 valence electrons. The predicted molar refractivity (Wildman–Crippen MR) is 47.3 cm³/mol. The van der Waals surface area contributed by atoms with E-state index in [1.54, 1.807) is 13.3 Å². The summed E-state index contributed by atoms with van der Waals surface area (Å²) in [6.07, 6.45) is 3.85. The van der Waals surface area contributed by atoms with Crippen LogP contribution in [0.4, 0.5) is 0 Å². The van der Waals surface area contributed by atoms with Crippen molar-refractivity contribution in [3.63, 3.8) is 0 Å². The van der Waals surface area contributed by atoms with Crippen molar-refractivity contribution >= 4 is 0 Å². The van der Waals surface area contributed by atoms with E-state index >= 15 is 0 Å². The van der Waals surface area contributed by atoms with Crippen LogP contribution in [-0.4, -0.2) is 17.1 Å². The van der Waals surface area contributed by atoms with E-state index in [9.17, 15) is 0 Å². The van der Waals surface area contributed by atoms with Crippen molar-refractivity contribution in [2.45, 2.75) is 26.7 Å². The first-order valence-electron chi connectivity index (χ1n) is 4.14. The highest BCUT2D eigenvalue weighted by Gasteiger charge is 2.01. The van der Waals surface area contributed by atoms with Crippen LogP contribution in [0.15, 0.2) is 6.20 Å². The summed E-state index contributed by atoms with van der Waals surface area (Å²) in [5, 5.41) is 0. The average Bonchev–Trinajstić information content (AvgIpc) is 2.09. The van der Waals surface area contributed by atoms with E-state index in [0.717, 1.165) is 24.2 Å². The molecule has 0 atom stereocenters. The summed E-state index contributed by atoms with van der Waals surface area (Å²) in [6, 6.07) is 0. The van der Waals surface area contributed by atoms with Gasteiger partial charge in [0, 0.05) is 6.20 Å². The molecular weight excluding hydrogens is 152 g/mol. The number of hydrogen-bond acceptors (Lipinski definition) is 3. The van der Waals surface area contributed by atoms with E-state index in [1.807, 2.05) is 6.92 Å². The van der Waals surface area contributed by atoms with Crippen molar-refractivity contribution in [1.82, 2.24) is 9.97 Å². The molecule has 0 aliphatic carbocycles. The Bertz CT molecular complexity index is 261. The zero-order valence-corrected chi connectivity index (χ0v) is 7.79. The van der Waals surface area contributed by atoms with E-state index in [2.05, 4.69) is 16.9 Å². The smallest absolute Gasteiger partial charge is 0.235 e. The maximum absolute atomic E-state index is 5.06. The van der Waals surface area contributed by atoms with Crippen molar-refractivity contribution in [3.05, 3.63) is 17.6 Å². The van der Waals surface area contributed by atoms with Gasteiger partial charge in [0.05, 0.1) is 18.5 Å². The van der Waals surface area contributed by atoms with Gasteiger partial charge in [-0.1, -0.05) is 13.3 Å². The van der Waals surface area contributed by atoms with Crippen LogP contribution in [0.1, 0.15) is 24.7 Å². The molecule has 0 unspecified atom stereocenters. The van der Waals surface area contributed by atoms with Crippen LogP contribution < -0.4 is 4.74 Å². The van der Waals surface area contributed by atoms with Gasteiger partial charge < -0.3 is 4.74 Å². The van der Waals surface area contributed by atoms with Gasteiger partial charge in [0.2, 0.25) is 5.88 Å². The molecule has 1 rings (SSSR count). The number of methoxy groups -OCH3 is 1. The number of aryl methyl sites for hydroxylation is 2. The molecule has 0 bridgehead atoms. The molecule has 0 aromatic carbocycles. The van der Waals surface area contributed by atoms with Crippen molar-refractivity contribution in [2.24, 2.45) is 0 Å². The van der Waals surface area contributed by atoms with E-state index in [0.29, 0.717) is 5.88 Å². The molecule has 0 fully saturated rings. The fourth-order valence-electron chi connectivity index (χ4n) is 1.04. The fraction of sp³-hybridized carbons (Fsp3) is 0.556. The standard InChI is InChI=1S/C9H14N2O/c1-4-5-8-6-10-7(2)9(11-8)12-3/h6H,4-5H2,1-3H3. The van der Waals surface area contributed by atoms with Gasteiger partial charge in [0.15, 0.2) is 0 Å². The average molecular weight is 166 g/mol.